The fourth-order valence-corrected chi connectivity index (χ4v) is 5.27. The average Bonchev–Trinajstić information content (AvgIpc) is 3.18. The third kappa shape index (κ3) is 2.50. The minimum atomic E-state index is 0.605. The number of methoxy groups -OCH3 is 1. The normalized spacial score (nSPS) is 32.5. The molecule has 0 unspecified atom stereocenters. The molecule has 0 radical (unpaired) electrons. The zero-order valence-corrected chi connectivity index (χ0v) is 13.6. The molecule has 3 aliphatic rings. The van der Waals surface area contributed by atoms with Crippen LogP contribution in [0.2, 0.25) is 0 Å². The van der Waals surface area contributed by atoms with Crippen LogP contribution in [0.4, 0.5) is 5.69 Å². The largest absolute Gasteiger partial charge is 0.496 e. The number of piperidine rings is 1. The van der Waals surface area contributed by atoms with Crippen LogP contribution in [-0.2, 0) is 0 Å². The van der Waals surface area contributed by atoms with Gasteiger partial charge in [-0.15, -0.1) is 0 Å². The summed E-state index contributed by atoms with van der Waals surface area (Å²) in [5.74, 6) is 3.66. The van der Waals surface area contributed by atoms with Gasteiger partial charge < -0.3 is 15.4 Å². The number of likely N-dealkylation sites (tertiary alicyclic amines) is 1. The zero-order valence-electron chi connectivity index (χ0n) is 13.6. The van der Waals surface area contributed by atoms with E-state index in [1.54, 1.807) is 7.11 Å². The summed E-state index contributed by atoms with van der Waals surface area (Å²) in [4.78, 5) is 2.79. The fraction of sp³-hybridized carbons (Fsp3) is 0.684. The lowest BCUT2D eigenvalue weighted by Crippen LogP contribution is -2.43. The van der Waals surface area contributed by atoms with Crippen molar-refractivity contribution in [3.05, 3.63) is 23.8 Å². The molecular formula is C19H28N2O. The SMILES string of the molecule is COc1ccc(N)cc1C1CCN([C@H]2C[C@H]3CC[C@H]2C3)CC1. The molecule has 2 aliphatic carbocycles. The van der Waals surface area contributed by atoms with E-state index in [0.29, 0.717) is 5.92 Å². The van der Waals surface area contributed by atoms with E-state index < -0.39 is 0 Å². The van der Waals surface area contributed by atoms with Gasteiger partial charge in [0, 0.05) is 11.7 Å². The Balaban J connectivity index is 1.43. The van der Waals surface area contributed by atoms with Gasteiger partial charge in [0.05, 0.1) is 7.11 Å². The summed E-state index contributed by atoms with van der Waals surface area (Å²) < 4.78 is 5.55. The van der Waals surface area contributed by atoms with E-state index in [9.17, 15) is 0 Å². The van der Waals surface area contributed by atoms with Crippen molar-refractivity contribution >= 4 is 5.69 Å². The molecule has 3 heteroatoms. The second kappa shape index (κ2) is 5.77. The lowest BCUT2D eigenvalue weighted by molar-refractivity contribution is 0.110. The average molecular weight is 300 g/mol. The van der Waals surface area contributed by atoms with Gasteiger partial charge in [-0.1, -0.05) is 6.42 Å². The molecule has 0 aromatic heterocycles. The summed E-state index contributed by atoms with van der Waals surface area (Å²) in [6.07, 6.45) is 8.45. The van der Waals surface area contributed by atoms with Crippen molar-refractivity contribution in [3.8, 4) is 5.75 Å². The third-order valence-corrected chi connectivity index (χ3v) is 6.39. The number of nitrogens with zero attached hydrogens (tertiary/aromatic N) is 1. The molecule has 0 spiro atoms. The van der Waals surface area contributed by atoms with E-state index in [2.05, 4.69) is 11.0 Å². The van der Waals surface area contributed by atoms with Crippen molar-refractivity contribution < 1.29 is 4.74 Å². The van der Waals surface area contributed by atoms with Crippen LogP contribution < -0.4 is 10.5 Å². The quantitative estimate of drug-likeness (QED) is 0.866. The lowest BCUT2D eigenvalue weighted by atomic mass is 9.86. The maximum Gasteiger partial charge on any atom is 0.122 e. The maximum atomic E-state index is 5.99. The number of hydrogen-bond donors (Lipinski definition) is 1. The molecule has 3 fully saturated rings. The predicted octanol–water partition coefficient (Wildman–Crippen LogP) is 3.65. The van der Waals surface area contributed by atoms with Gasteiger partial charge in [0.25, 0.3) is 0 Å². The molecule has 2 bridgehead atoms. The number of fused-ring (bicyclic) bond motifs is 2. The predicted molar refractivity (Wildman–Crippen MR) is 90.2 cm³/mol. The van der Waals surface area contributed by atoms with Crippen LogP contribution in [0.1, 0.15) is 50.0 Å². The summed E-state index contributed by atoms with van der Waals surface area (Å²) in [6.45, 7) is 2.49. The maximum absolute atomic E-state index is 5.99. The number of anilines is 1. The van der Waals surface area contributed by atoms with E-state index in [1.165, 1.54) is 57.2 Å². The highest BCUT2D eigenvalue weighted by Crippen LogP contribution is 2.48. The lowest BCUT2D eigenvalue weighted by Gasteiger charge is -2.40. The summed E-state index contributed by atoms with van der Waals surface area (Å²) in [6, 6.07) is 6.97. The van der Waals surface area contributed by atoms with E-state index in [1.807, 2.05) is 12.1 Å². The molecule has 3 nitrogen and oxygen atoms in total. The van der Waals surface area contributed by atoms with E-state index in [4.69, 9.17) is 10.5 Å². The highest BCUT2D eigenvalue weighted by molar-refractivity contribution is 5.49. The molecule has 0 amide bonds. The molecule has 4 rings (SSSR count). The smallest absolute Gasteiger partial charge is 0.122 e. The first-order valence-corrected chi connectivity index (χ1v) is 8.92. The van der Waals surface area contributed by atoms with Crippen molar-refractivity contribution in [2.24, 2.45) is 11.8 Å². The summed E-state index contributed by atoms with van der Waals surface area (Å²) in [5, 5.41) is 0. The van der Waals surface area contributed by atoms with Crippen LogP contribution in [0.25, 0.3) is 0 Å². The number of hydrogen-bond acceptors (Lipinski definition) is 3. The topological polar surface area (TPSA) is 38.5 Å². The van der Waals surface area contributed by atoms with Crippen LogP contribution in [0.3, 0.4) is 0 Å². The molecule has 1 heterocycles. The van der Waals surface area contributed by atoms with Crippen LogP contribution in [-0.4, -0.2) is 31.1 Å². The number of rotatable bonds is 3. The Morgan fingerprint density at radius 1 is 1.09 bits per heavy atom. The molecule has 2 saturated carbocycles. The van der Waals surface area contributed by atoms with Crippen LogP contribution in [0.5, 0.6) is 5.75 Å². The summed E-state index contributed by atoms with van der Waals surface area (Å²) >= 11 is 0. The zero-order chi connectivity index (χ0) is 15.1. The first kappa shape index (κ1) is 14.4. The Morgan fingerprint density at radius 3 is 2.55 bits per heavy atom. The van der Waals surface area contributed by atoms with Gasteiger partial charge >= 0.3 is 0 Å². The van der Waals surface area contributed by atoms with Gasteiger partial charge in [-0.2, -0.15) is 0 Å². The van der Waals surface area contributed by atoms with E-state index in [0.717, 1.165) is 29.3 Å². The standard InChI is InChI=1S/C19H28N2O/c1-22-19-5-4-16(20)12-17(19)14-6-8-21(9-7-14)18-11-13-2-3-15(18)10-13/h4-5,12-15,18H,2-3,6-11,20H2,1H3/t13-,15-,18-/m0/s1. The van der Waals surface area contributed by atoms with Gasteiger partial charge in [-0.25, -0.2) is 0 Å². The van der Waals surface area contributed by atoms with Crippen molar-refractivity contribution in [2.75, 3.05) is 25.9 Å². The Hall–Kier alpha value is -1.22. The minimum absolute atomic E-state index is 0.605. The Bertz CT molecular complexity index is 536. The molecule has 120 valence electrons. The number of nitrogens with two attached hydrogens (primary N) is 1. The highest BCUT2D eigenvalue weighted by Gasteiger charge is 2.42. The van der Waals surface area contributed by atoms with Crippen LogP contribution in [0, 0.1) is 11.8 Å². The highest BCUT2D eigenvalue weighted by atomic mass is 16.5. The fourth-order valence-electron chi connectivity index (χ4n) is 5.27. The number of ether oxygens (including phenoxy) is 1. The van der Waals surface area contributed by atoms with Crippen molar-refractivity contribution in [2.45, 2.75) is 50.5 Å². The van der Waals surface area contributed by atoms with E-state index in [-0.39, 0.29) is 0 Å². The Labute approximate surface area is 133 Å². The number of nitrogen functional groups attached to an aromatic ring is 1. The van der Waals surface area contributed by atoms with Gasteiger partial charge in [0.15, 0.2) is 0 Å². The summed E-state index contributed by atoms with van der Waals surface area (Å²) in [7, 11) is 1.76. The Kier molecular flexibility index (Phi) is 3.77. The molecule has 1 aliphatic heterocycles. The number of benzene rings is 1. The summed E-state index contributed by atoms with van der Waals surface area (Å²) in [5.41, 5.74) is 8.16. The van der Waals surface area contributed by atoms with Crippen molar-refractivity contribution in [1.29, 1.82) is 0 Å². The van der Waals surface area contributed by atoms with Crippen LogP contribution in [0.15, 0.2) is 18.2 Å². The second-order valence-electron chi connectivity index (χ2n) is 7.55. The first-order chi connectivity index (χ1) is 10.7. The first-order valence-electron chi connectivity index (χ1n) is 8.92. The molecular weight excluding hydrogens is 272 g/mol. The van der Waals surface area contributed by atoms with E-state index >= 15 is 0 Å². The molecule has 1 aromatic carbocycles. The molecule has 1 saturated heterocycles. The minimum Gasteiger partial charge on any atom is -0.496 e. The van der Waals surface area contributed by atoms with Gasteiger partial charge in [-0.3, -0.25) is 0 Å². The van der Waals surface area contributed by atoms with Crippen molar-refractivity contribution in [1.82, 2.24) is 4.90 Å². The van der Waals surface area contributed by atoms with Gasteiger partial charge in [0.1, 0.15) is 5.75 Å². The van der Waals surface area contributed by atoms with Gasteiger partial charge in [-0.05, 0) is 86.7 Å². The van der Waals surface area contributed by atoms with Crippen molar-refractivity contribution in [3.63, 3.8) is 0 Å². The van der Waals surface area contributed by atoms with Gasteiger partial charge in [0.2, 0.25) is 0 Å². The van der Waals surface area contributed by atoms with Crippen LogP contribution >= 0.6 is 0 Å². The molecule has 3 atom stereocenters. The molecule has 2 N–H and O–H groups in total. The second-order valence-corrected chi connectivity index (χ2v) is 7.55. The molecule has 1 aromatic rings. The molecule has 22 heavy (non-hydrogen) atoms. The monoisotopic (exact) mass is 300 g/mol. The third-order valence-electron chi connectivity index (χ3n) is 6.39. The Morgan fingerprint density at radius 2 is 1.91 bits per heavy atom.